The Balaban J connectivity index is 1.74. The Kier molecular flexibility index (Phi) is 7.24. The van der Waals surface area contributed by atoms with Crippen LogP contribution in [-0.2, 0) is 6.42 Å². The van der Waals surface area contributed by atoms with Crippen LogP contribution in [0.3, 0.4) is 0 Å². The number of nitrogens with one attached hydrogen (secondary N) is 2. The molecule has 3 nitrogen and oxygen atoms in total. The standard InChI is InChI=1S/C14H22BrN3S2/c1-2-16-14(18-10-12-4-3-9-19-12)17-8-7-11-5-6-13(15)20-11/h5-6,12H,2-4,7-10H2,1H3,(H2,16,17,18). The second-order valence-corrected chi connectivity index (χ2v) is 8.69. The Morgan fingerprint density at radius 2 is 2.35 bits per heavy atom. The summed E-state index contributed by atoms with van der Waals surface area (Å²) in [5.41, 5.74) is 0. The number of hydrogen-bond donors (Lipinski definition) is 2. The Bertz CT molecular complexity index is 428. The van der Waals surface area contributed by atoms with Crippen LogP contribution in [0.15, 0.2) is 20.9 Å². The minimum Gasteiger partial charge on any atom is -0.357 e. The molecule has 1 aliphatic heterocycles. The van der Waals surface area contributed by atoms with Crippen LogP contribution in [0.4, 0.5) is 0 Å². The van der Waals surface area contributed by atoms with E-state index in [-0.39, 0.29) is 0 Å². The number of rotatable bonds is 6. The van der Waals surface area contributed by atoms with Crippen molar-refractivity contribution in [2.45, 2.75) is 31.4 Å². The number of nitrogens with zero attached hydrogens (tertiary/aromatic N) is 1. The summed E-state index contributed by atoms with van der Waals surface area (Å²) in [5, 5.41) is 7.47. The van der Waals surface area contributed by atoms with Gasteiger partial charge >= 0.3 is 0 Å². The van der Waals surface area contributed by atoms with Gasteiger partial charge in [0.25, 0.3) is 0 Å². The molecule has 0 spiro atoms. The maximum atomic E-state index is 4.70. The maximum absolute atomic E-state index is 4.70. The van der Waals surface area contributed by atoms with Crippen molar-refractivity contribution < 1.29 is 0 Å². The van der Waals surface area contributed by atoms with Crippen molar-refractivity contribution in [1.82, 2.24) is 10.6 Å². The zero-order valence-electron chi connectivity index (χ0n) is 11.8. The molecule has 20 heavy (non-hydrogen) atoms. The van der Waals surface area contributed by atoms with E-state index in [4.69, 9.17) is 4.99 Å². The summed E-state index contributed by atoms with van der Waals surface area (Å²) < 4.78 is 1.20. The molecule has 6 heteroatoms. The lowest BCUT2D eigenvalue weighted by molar-refractivity contribution is 0.762. The van der Waals surface area contributed by atoms with E-state index >= 15 is 0 Å². The molecule has 1 aliphatic rings. The number of thioether (sulfide) groups is 1. The zero-order valence-corrected chi connectivity index (χ0v) is 15.0. The molecule has 0 saturated carbocycles. The van der Waals surface area contributed by atoms with Crippen molar-refractivity contribution in [3.05, 3.63) is 20.8 Å². The van der Waals surface area contributed by atoms with Crippen LogP contribution in [0.1, 0.15) is 24.6 Å². The van der Waals surface area contributed by atoms with Crippen molar-refractivity contribution in [2.24, 2.45) is 4.99 Å². The number of guanidine groups is 1. The average molecular weight is 376 g/mol. The third kappa shape index (κ3) is 5.66. The van der Waals surface area contributed by atoms with Crippen molar-refractivity contribution in [3.63, 3.8) is 0 Å². The molecule has 0 radical (unpaired) electrons. The van der Waals surface area contributed by atoms with Gasteiger partial charge in [0.05, 0.1) is 10.3 Å². The highest BCUT2D eigenvalue weighted by molar-refractivity contribution is 9.11. The van der Waals surface area contributed by atoms with Gasteiger partial charge in [-0.25, -0.2) is 0 Å². The van der Waals surface area contributed by atoms with Gasteiger partial charge in [0.15, 0.2) is 5.96 Å². The molecule has 0 amide bonds. The fraction of sp³-hybridized carbons (Fsp3) is 0.643. The van der Waals surface area contributed by atoms with Gasteiger partial charge in [-0.2, -0.15) is 11.8 Å². The summed E-state index contributed by atoms with van der Waals surface area (Å²) >= 11 is 7.36. The molecule has 1 saturated heterocycles. The molecule has 1 fully saturated rings. The summed E-state index contributed by atoms with van der Waals surface area (Å²) in [6, 6.07) is 4.28. The first-order chi connectivity index (χ1) is 9.78. The molecule has 0 bridgehead atoms. The Hall–Kier alpha value is -0.200. The average Bonchev–Trinajstić information content (AvgIpc) is 3.08. The second-order valence-electron chi connectivity index (χ2n) is 4.74. The molecule has 1 aromatic heterocycles. The lowest BCUT2D eigenvalue weighted by Crippen LogP contribution is -2.38. The number of hydrogen-bond acceptors (Lipinski definition) is 3. The van der Waals surface area contributed by atoms with Gasteiger partial charge in [0.1, 0.15) is 0 Å². The largest absolute Gasteiger partial charge is 0.357 e. The van der Waals surface area contributed by atoms with E-state index < -0.39 is 0 Å². The summed E-state index contributed by atoms with van der Waals surface area (Å²) in [6.45, 7) is 4.88. The molecule has 2 rings (SSSR count). The molecular weight excluding hydrogens is 354 g/mol. The van der Waals surface area contributed by atoms with Gasteiger partial charge < -0.3 is 10.6 Å². The van der Waals surface area contributed by atoms with Gasteiger partial charge in [-0.15, -0.1) is 11.3 Å². The van der Waals surface area contributed by atoms with E-state index in [1.807, 2.05) is 0 Å². The van der Waals surface area contributed by atoms with Crippen LogP contribution in [0.25, 0.3) is 0 Å². The lowest BCUT2D eigenvalue weighted by atomic mass is 10.2. The number of aliphatic imine (C=N–C) groups is 1. The van der Waals surface area contributed by atoms with E-state index in [0.29, 0.717) is 0 Å². The SMILES string of the molecule is CCNC(=NCC1CCCS1)NCCc1ccc(Br)s1. The quantitative estimate of drug-likeness (QED) is 0.589. The smallest absolute Gasteiger partial charge is 0.191 e. The van der Waals surface area contributed by atoms with Crippen LogP contribution >= 0.6 is 39.0 Å². The van der Waals surface area contributed by atoms with Crippen LogP contribution in [0, 0.1) is 0 Å². The van der Waals surface area contributed by atoms with Crippen LogP contribution in [0.2, 0.25) is 0 Å². The normalized spacial score (nSPS) is 19.3. The number of halogens is 1. The first-order valence-electron chi connectivity index (χ1n) is 7.16. The lowest BCUT2D eigenvalue weighted by Gasteiger charge is -2.12. The Morgan fingerprint density at radius 1 is 1.45 bits per heavy atom. The van der Waals surface area contributed by atoms with Crippen LogP contribution in [-0.4, -0.2) is 36.6 Å². The minimum atomic E-state index is 0.721. The molecule has 112 valence electrons. The third-order valence-electron chi connectivity index (χ3n) is 3.11. The highest BCUT2D eigenvalue weighted by Crippen LogP contribution is 2.26. The van der Waals surface area contributed by atoms with Crippen molar-refractivity contribution in [3.8, 4) is 0 Å². The van der Waals surface area contributed by atoms with Crippen LogP contribution in [0.5, 0.6) is 0 Å². The molecule has 1 unspecified atom stereocenters. The fourth-order valence-electron chi connectivity index (χ4n) is 2.11. The topological polar surface area (TPSA) is 36.4 Å². The van der Waals surface area contributed by atoms with Gasteiger partial charge in [-0.3, -0.25) is 4.99 Å². The maximum Gasteiger partial charge on any atom is 0.191 e. The predicted molar refractivity (Wildman–Crippen MR) is 95.2 cm³/mol. The molecular formula is C14H22BrN3S2. The molecule has 0 aromatic carbocycles. The first-order valence-corrected chi connectivity index (χ1v) is 9.81. The van der Waals surface area contributed by atoms with Gasteiger partial charge in [0.2, 0.25) is 0 Å². The van der Waals surface area contributed by atoms with Gasteiger partial charge in [-0.05, 0) is 60.0 Å². The van der Waals surface area contributed by atoms with E-state index in [0.717, 1.165) is 37.3 Å². The fourth-order valence-corrected chi connectivity index (χ4v) is 4.78. The Labute approximate surface area is 138 Å². The molecule has 1 atom stereocenters. The highest BCUT2D eigenvalue weighted by Gasteiger charge is 2.14. The minimum absolute atomic E-state index is 0.721. The number of thiophene rings is 1. The summed E-state index contributed by atoms with van der Waals surface area (Å²) in [5.74, 6) is 2.26. The van der Waals surface area contributed by atoms with E-state index in [9.17, 15) is 0 Å². The van der Waals surface area contributed by atoms with Crippen LogP contribution < -0.4 is 10.6 Å². The second kappa shape index (κ2) is 8.95. The monoisotopic (exact) mass is 375 g/mol. The van der Waals surface area contributed by atoms with E-state index in [2.05, 4.69) is 57.4 Å². The third-order valence-corrected chi connectivity index (χ3v) is 6.18. The van der Waals surface area contributed by atoms with Crippen molar-refractivity contribution in [1.29, 1.82) is 0 Å². The van der Waals surface area contributed by atoms with Crippen molar-refractivity contribution in [2.75, 3.05) is 25.4 Å². The predicted octanol–water partition coefficient (Wildman–Crippen LogP) is 3.50. The molecule has 2 heterocycles. The molecule has 2 N–H and O–H groups in total. The highest BCUT2D eigenvalue weighted by atomic mass is 79.9. The Morgan fingerprint density at radius 3 is 3.00 bits per heavy atom. The zero-order chi connectivity index (χ0) is 14.2. The van der Waals surface area contributed by atoms with E-state index in [1.54, 1.807) is 11.3 Å². The van der Waals surface area contributed by atoms with Gasteiger partial charge in [-0.1, -0.05) is 0 Å². The summed E-state index contributed by atoms with van der Waals surface area (Å²) in [4.78, 5) is 6.09. The van der Waals surface area contributed by atoms with Gasteiger partial charge in [0, 0.05) is 23.2 Å². The molecule has 0 aliphatic carbocycles. The summed E-state index contributed by atoms with van der Waals surface area (Å²) in [7, 11) is 0. The molecule has 1 aromatic rings. The first kappa shape index (κ1) is 16.2. The summed E-state index contributed by atoms with van der Waals surface area (Å²) in [6.07, 6.45) is 3.71. The van der Waals surface area contributed by atoms with Crippen molar-refractivity contribution >= 4 is 45.0 Å². The van der Waals surface area contributed by atoms with E-state index in [1.165, 1.54) is 27.3 Å².